The Morgan fingerprint density at radius 2 is 1.97 bits per heavy atom. The number of fused-ring (bicyclic) bond motifs is 2. The van der Waals surface area contributed by atoms with E-state index in [0.29, 0.717) is 0 Å². The summed E-state index contributed by atoms with van der Waals surface area (Å²) < 4.78 is 0. The second kappa shape index (κ2) is 8.86. The van der Waals surface area contributed by atoms with Gasteiger partial charge in [-0.25, -0.2) is 0 Å². The minimum atomic E-state index is -0.213. The predicted molar refractivity (Wildman–Crippen MR) is 123 cm³/mol. The largest absolute Gasteiger partial charge is 0.345 e. The Balaban J connectivity index is 1.68. The summed E-state index contributed by atoms with van der Waals surface area (Å²) in [7, 11) is 0. The average Bonchev–Trinajstić information content (AvgIpc) is 2.76. The quantitative estimate of drug-likeness (QED) is 0.658. The van der Waals surface area contributed by atoms with Gasteiger partial charge in [-0.1, -0.05) is 37.3 Å². The van der Waals surface area contributed by atoms with Crippen LogP contribution in [-0.4, -0.2) is 34.8 Å². The highest BCUT2D eigenvalue weighted by Crippen LogP contribution is 2.29. The molecular weight excluding hydrogens is 388 g/mol. The minimum Gasteiger partial charge on any atom is -0.345 e. The van der Waals surface area contributed by atoms with Crippen LogP contribution < -0.4 is 10.6 Å². The predicted octanol–water partition coefficient (Wildman–Crippen LogP) is 4.06. The molecule has 6 heteroatoms. The molecule has 1 unspecified atom stereocenters. The fraction of sp³-hybridized carbons (Fsp3) is 0.320. The number of amides is 2. The first-order chi connectivity index (χ1) is 15.0. The molecular formula is C25H28N4O2. The molecule has 2 heterocycles. The number of hydrogen-bond donors (Lipinski definition) is 2. The summed E-state index contributed by atoms with van der Waals surface area (Å²) in [6.07, 6.45) is 0.850. The van der Waals surface area contributed by atoms with Gasteiger partial charge in [-0.05, 0) is 37.2 Å². The second-order valence-electron chi connectivity index (χ2n) is 8.05. The van der Waals surface area contributed by atoms with Crippen LogP contribution in [0.3, 0.4) is 0 Å². The number of carbonyl (C=O) groups is 2. The fourth-order valence-corrected chi connectivity index (χ4v) is 4.22. The number of anilines is 1. The van der Waals surface area contributed by atoms with Crippen LogP contribution in [0.5, 0.6) is 0 Å². The minimum absolute atomic E-state index is 0.0924. The molecule has 2 aromatic carbocycles. The van der Waals surface area contributed by atoms with E-state index in [2.05, 4.69) is 22.5 Å². The van der Waals surface area contributed by atoms with Crippen molar-refractivity contribution in [3.63, 3.8) is 0 Å². The Morgan fingerprint density at radius 1 is 1.16 bits per heavy atom. The van der Waals surface area contributed by atoms with Crippen molar-refractivity contribution in [1.29, 1.82) is 0 Å². The molecule has 31 heavy (non-hydrogen) atoms. The number of para-hydroxylation sites is 1. The molecule has 0 saturated heterocycles. The molecule has 4 rings (SSSR count). The molecule has 0 bridgehead atoms. The first-order valence-electron chi connectivity index (χ1n) is 10.8. The highest BCUT2D eigenvalue weighted by Gasteiger charge is 2.26. The van der Waals surface area contributed by atoms with Gasteiger partial charge < -0.3 is 10.6 Å². The van der Waals surface area contributed by atoms with Gasteiger partial charge in [0.05, 0.1) is 17.1 Å². The molecule has 1 aromatic heterocycles. The number of pyridine rings is 1. The van der Waals surface area contributed by atoms with Crippen LogP contribution >= 0.6 is 0 Å². The smallest absolute Gasteiger partial charge is 0.252 e. The van der Waals surface area contributed by atoms with Crippen LogP contribution in [0.4, 0.5) is 5.69 Å². The second-order valence-corrected chi connectivity index (χ2v) is 8.05. The highest BCUT2D eigenvalue weighted by atomic mass is 16.2. The van der Waals surface area contributed by atoms with Gasteiger partial charge in [-0.15, -0.1) is 0 Å². The summed E-state index contributed by atoms with van der Waals surface area (Å²) in [4.78, 5) is 32.1. The van der Waals surface area contributed by atoms with Crippen molar-refractivity contribution < 1.29 is 9.59 Å². The lowest BCUT2D eigenvalue weighted by molar-refractivity contribution is -0.114. The van der Waals surface area contributed by atoms with Crippen molar-refractivity contribution in [2.24, 2.45) is 0 Å². The lowest BCUT2D eigenvalue weighted by atomic mass is 9.94. The maximum absolute atomic E-state index is 13.5. The Kier molecular flexibility index (Phi) is 6.00. The molecule has 1 atom stereocenters. The topological polar surface area (TPSA) is 74.3 Å². The number of carbonyl (C=O) groups excluding carboxylic acids is 2. The van der Waals surface area contributed by atoms with Gasteiger partial charge in [0, 0.05) is 48.8 Å². The summed E-state index contributed by atoms with van der Waals surface area (Å²) in [6, 6.07) is 15.2. The van der Waals surface area contributed by atoms with Crippen LogP contribution in [0, 0.1) is 0 Å². The number of aromatic nitrogens is 1. The first-order valence-corrected chi connectivity index (χ1v) is 10.8. The third kappa shape index (κ3) is 4.44. The van der Waals surface area contributed by atoms with Crippen LogP contribution in [0.2, 0.25) is 0 Å². The zero-order chi connectivity index (χ0) is 22.0. The van der Waals surface area contributed by atoms with Gasteiger partial charge in [-0.2, -0.15) is 0 Å². The lowest BCUT2D eigenvalue weighted by Gasteiger charge is -2.29. The Hall–Kier alpha value is -3.25. The van der Waals surface area contributed by atoms with Crippen molar-refractivity contribution >= 4 is 28.4 Å². The van der Waals surface area contributed by atoms with E-state index in [-0.39, 0.29) is 17.9 Å². The number of hydrogen-bond acceptors (Lipinski definition) is 4. The number of rotatable bonds is 5. The van der Waals surface area contributed by atoms with Crippen molar-refractivity contribution in [2.75, 3.05) is 18.4 Å². The molecule has 2 N–H and O–H groups in total. The Morgan fingerprint density at radius 3 is 2.74 bits per heavy atom. The van der Waals surface area contributed by atoms with Crippen LogP contribution in [0.25, 0.3) is 10.9 Å². The zero-order valence-electron chi connectivity index (χ0n) is 18.2. The van der Waals surface area contributed by atoms with Gasteiger partial charge >= 0.3 is 0 Å². The molecule has 6 nitrogen and oxygen atoms in total. The summed E-state index contributed by atoms with van der Waals surface area (Å²) >= 11 is 0. The number of likely N-dealkylation sites (N-methyl/N-ethyl adjacent to an activating group) is 1. The third-order valence-corrected chi connectivity index (χ3v) is 5.85. The molecule has 0 fully saturated rings. The van der Waals surface area contributed by atoms with E-state index >= 15 is 0 Å². The standard InChI is InChI=1S/C25H28N4O2/c1-4-29-13-12-23-21(15-29)24(20-10-5-6-11-22(20)28-23)25(31)26-16(2)18-8-7-9-19(14-18)27-17(3)30/h5-11,14,16H,4,12-13,15H2,1-3H3,(H,26,31)(H,27,30). The summed E-state index contributed by atoms with van der Waals surface area (Å²) in [5.74, 6) is -0.213. The van der Waals surface area contributed by atoms with Gasteiger partial charge in [-0.3, -0.25) is 19.5 Å². The summed E-state index contributed by atoms with van der Waals surface area (Å²) in [5.41, 5.74) is 5.29. The Bertz CT molecular complexity index is 1140. The normalized spacial score (nSPS) is 14.7. The summed E-state index contributed by atoms with van der Waals surface area (Å²) in [6.45, 7) is 8.22. The lowest BCUT2D eigenvalue weighted by Crippen LogP contribution is -2.34. The molecule has 1 aliphatic heterocycles. The molecule has 2 amide bonds. The first kappa shape index (κ1) is 21.0. The van der Waals surface area contributed by atoms with Crippen molar-refractivity contribution in [3.8, 4) is 0 Å². The molecule has 3 aromatic rings. The van der Waals surface area contributed by atoms with E-state index < -0.39 is 0 Å². The van der Waals surface area contributed by atoms with E-state index in [9.17, 15) is 9.59 Å². The van der Waals surface area contributed by atoms with E-state index in [1.165, 1.54) is 6.92 Å². The number of nitrogens with zero attached hydrogens (tertiary/aromatic N) is 2. The number of nitrogens with one attached hydrogen (secondary N) is 2. The van der Waals surface area contributed by atoms with Crippen LogP contribution in [0.15, 0.2) is 48.5 Å². The van der Waals surface area contributed by atoms with Crippen molar-refractivity contribution in [1.82, 2.24) is 15.2 Å². The Labute approximate surface area is 182 Å². The van der Waals surface area contributed by atoms with Crippen molar-refractivity contribution in [2.45, 2.75) is 39.8 Å². The zero-order valence-corrected chi connectivity index (χ0v) is 18.2. The monoisotopic (exact) mass is 416 g/mol. The maximum atomic E-state index is 13.5. The van der Waals surface area contributed by atoms with E-state index in [1.807, 2.05) is 55.5 Å². The van der Waals surface area contributed by atoms with E-state index in [1.54, 1.807) is 0 Å². The molecule has 160 valence electrons. The van der Waals surface area contributed by atoms with E-state index in [0.717, 1.165) is 65.0 Å². The maximum Gasteiger partial charge on any atom is 0.252 e. The van der Waals surface area contributed by atoms with Gasteiger partial charge in [0.1, 0.15) is 0 Å². The van der Waals surface area contributed by atoms with Gasteiger partial charge in [0.15, 0.2) is 0 Å². The molecule has 0 aliphatic carbocycles. The highest BCUT2D eigenvalue weighted by molar-refractivity contribution is 6.08. The average molecular weight is 417 g/mol. The van der Waals surface area contributed by atoms with Crippen LogP contribution in [0.1, 0.15) is 54.0 Å². The fourth-order valence-electron chi connectivity index (χ4n) is 4.22. The van der Waals surface area contributed by atoms with E-state index in [4.69, 9.17) is 4.98 Å². The van der Waals surface area contributed by atoms with Gasteiger partial charge in [0.25, 0.3) is 5.91 Å². The third-order valence-electron chi connectivity index (χ3n) is 5.85. The molecule has 1 aliphatic rings. The van der Waals surface area contributed by atoms with Crippen molar-refractivity contribution in [3.05, 3.63) is 70.9 Å². The molecule has 0 radical (unpaired) electrons. The summed E-state index contributed by atoms with van der Waals surface area (Å²) in [5, 5.41) is 6.85. The molecule has 0 spiro atoms. The van der Waals surface area contributed by atoms with Crippen LogP contribution in [-0.2, 0) is 17.8 Å². The SMILES string of the molecule is CCN1CCc2nc3ccccc3c(C(=O)NC(C)c3cccc(NC(C)=O)c3)c2C1. The number of benzene rings is 2. The molecule has 0 saturated carbocycles. The van der Waals surface area contributed by atoms with Gasteiger partial charge in [0.2, 0.25) is 5.91 Å².